The summed E-state index contributed by atoms with van der Waals surface area (Å²) in [5, 5.41) is 12.9. The average Bonchev–Trinajstić information content (AvgIpc) is 2.68. The second kappa shape index (κ2) is 4.45. The van der Waals surface area contributed by atoms with Gasteiger partial charge in [-0.25, -0.2) is 0 Å². The van der Waals surface area contributed by atoms with E-state index in [2.05, 4.69) is 27.2 Å². The van der Waals surface area contributed by atoms with Crippen molar-refractivity contribution in [2.75, 3.05) is 0 Å². The molecule has 3 nitrogen and oxygen atoms in total. The summed E-state index contributed by atoms with van der Waals surface area (Å²) in [4.78, 5) is 5.17. The predicted octanol–water partition coefficient (Wildman–Crippen LogP) is 2.44. The van der Waals surface area contributed by atoms with E-state index in [0.29, 0.717) is 0 Å². The lowest BCUT2D eigenvalue weighted by atomic mass is 9.93. The van der Waals surface area contributed by atoms with Crippen LogP contribution in [0.5, 0.6) is 0 Å². The van der Waals surface area contributed by atoms with E-state index in [4.69, 9.17) is 10.1 Å². The Morgan fingerprint density at radius 2 is 2.13 bits per heavy atom. The minimum absolute atomic E-state index is 0.00218. The van der Waals surface area contributed by atoms with Gasteiger partial charge in [0.05, 0.1) is 17.1 Å². The quantitative estimate of drug-likeness (QED) is 0.771. The number of hydrogen-bond donors (Lipinski definition) is 0. The summed E-state index contributed by atoms with van der Waals surface area (Å²) in [7, 11) is 0. The number of halogens is 1. The molecular weight excluding hydrogens is 256 g/mol. The molecule has 0 saturated heterocycles. The second-order valence-electron chi connectivity index (χ2n) is 3.29. The van der Waals surface area contributed by atoms with Gasteiger partial charge in [-0.1, -0.05) is 51.4 Å². The molecule has 0 bridgehead atoms. The maximum atomic E-state index is 9.15. The first-order chi connectivity index (χ1) is 7.33. The number of alkyl halides is 1. The molecule has 76 valence electrons. The van der Waals surface area contributed by atoms with Crippen LogP contribution in [0.15, 0.2) is 35.5 Å². The molecule has 3 atom stereocenters. The molecule has 0 aliphatic carbocycles. The van der Waals surface area contributed by atoms with Crippen molar-refractivity contribution in [2.24, 2.45) is 5.16 Å². The molecule has 0 fully saturated rings. The van der Waals surface area contributed by atoms with Crippen LogP contribution in [0.2, 0.25) is 0 Å². The zero-order valence-corrected chi connectivity index (χ0v) is 9.46. The Bertz CT molecular complexity index is 399. The minimum Gasteiger partial charge on any atom is -0.389 e. The van der Waals surface area contributed by atoms with Crippen molar-refractivity contribution in [2.45, 2.75) is 16.8 Å². The molecule has 4 heteroatoms. The van der Waals surface area contributed by atoms with E-state index in [1.807, 2.05) is 30.3 Å². The van der Waals surface area contributed by atoms with Gasteiger partial charge in [-0.2, -0.15) is 5.26 Å². The van der Waals surface area contributed by atoms with Crippen molar-refractivity contribution in [3.63, 3.8) is 0 Å². The molecule has 0 spiro atoms. The fourth-order valence-electron chi connectivity index (χ4n) is 1.55. The molecule has 2 rings (SSSR count). The summed E-state index contributed by atoms with van der Waals surface area (Å²) in [6, 6.07) is 11.9. The van der Waals surface area contributed by atoms with Crippen LogP contribution in [0.4, 0.5) is 0 Å². The van der Waals surface area contributed by atoms with Gasteiger partial charge in [0.15, 0.2) is 6.10 Å². The fraction of sp³-hybridized carbons (Fsp3) is 0.273. The highest BCUT2D eigenvalue weighted by atomic mass is 79.9. The monoisotopic (exact) mass is 264 g/mol. The van der Waals surface area contributed by atoms with Crippen molar-refractivity contribution in [3.8, 4) is 6.07 Å². The molecule has 1 aromatic carbocycles. The summed E-state index contributed by atoms with van der Waals surface area (Å²) in [6.07, 6.45) is 1.43. The molecule has 0 aromatic heterocycles. The molecule has 0 saturated carbocycles. The smallest absolute Gasteiger partial charge is 0.164 e. The first kappa shape index (κ1) is 10.2. The van der Waals surface area contributed by atoms with Gasteiger partial charge in [-0.15, -0.1) is 0 Å². The first-order valence-electron chi connectivity index (χ1n) is 4.61. The molecule has 15 heavy (non-hydrogen) atoms. The van der Waals surface area contributed by atoms with Gasteiger partial charge in [0.2, 0.25) is 0 Å². The van der Waals surface area contributed by atoms with E-state index in [9.17, 15) is 0 Å². The third-order valence-electron chi connectivity index (χ3n) is 2.33. The summed E-state index contributed by atoms with van der Waals surface area (Å²) in [5.41, 5.74) is 0.958. The van der Waals surface area contributed by atoms with Crippen molar-refractivity contribution >= 4 is 22.1 Å². The molecule has 1 aliphatic rings. The van der Waals surface area contributed by atoms with Crippen LogP contribution in [0.1, 0.15) is 11.5 Å². The zero-order valence-electron chi connectivity index (χ0n) is 7.88. The van der Waals surface area contributed by atoms with E-state index in [-0.39, 0.29) is 16.8 Å². The number of benzene rings is 1. The average molecular weight is 265 g/mol. The maximum Gasteiger partial charge on any atom is 0.164 e. The third-order valence-corrected chi connectivity index (χ3v) is 3.08. The van der Waals surface area contributed by atoms with Gasteiger partial charge >= 0.3 is 0 Å². The number of nitriles is 1. The summed E-state index contributed by atoms with van der Waals surface area (Å²) >= 11 is 3.42. The maximum absolute atomic E-state index is 9.15. The van der Waals surface area contributed by atoms with Crippen molar-refractivity contribution in [3.05, 3.63) is 35.9 Å². The van der Waals surface area contributed by atoms with Crippen LogP contribution in [0.25, 0.3) is 0 Å². The van der Waals surface area contributed by atoms with Crippen molar-refractivity contribution in [1.29, 1.82) is 5.26 Å². The normalized spacial score (nSPS) is 25.6. The SMILES string of the molecule is N#CC(c1ccccc1)C1ON=CC1Br. The Kier molecular flexibility index (Phi) is 3.02. The van der Waals surface area contributed by atoms with Gasteiger partial charge in [-0.05, 0) is 5.56 Å². The van der Waals surface area contributed by atoms with E-state index in [0.717, 1.165) is 5.56 Å². The van der Waals surface area contributed by atoms with E-state index in [1.54, 1.807) is 6.21 Å². The Labute approximate surface area is 96.5 Å². The molecule has 1 aromatic rings. The number of nitrogens with zero attached hydrogens (tertiary/aromatic N) is 2. The van der Waals surface area contributed by atoms with Crippen LogP contribution >= 0.6 is 15.9 Å². The topological polar surface area (TPSA) is 45.4 Å². The van der Waals surface area contributed by atoms with Crippen LogP contribution in [-0.2, 0) is 4.84 Å². The molecule has 3 unspecified atom stereocenters. The lowest BCUT2D eigenvalue weighted by molar-refractivity contribution is 0.0802. The van der Waals surface area contributed by atoms with Gasteiger partial charge in [0.25, 0.3) is 0 Å². The Balaban J connectivity index is 2.23. The Morgan fingerprint density at radius 3 is 2.67 bits per heavy atom. The van der Waals surface area contributed by atoms with E-state index < -0.39 is 0 Å². The molecule has 1 heterocycles. The van der Waals surface area contributed by atoms with Gasteiger partial charge in [-0.3, -0.25) is 0 Å². The minimum atomic E-state index is -0.293. The highest BCUT2D eigenvalue weighted by molar-refractivity contribution is 9.10. The number of rotatable bonds is 2. The van der Waals surface area contributed by atoms with Crippen LogP contribution in [0.3, 0.4) is 0 Å². The highest BCUT2D eigenvalue weighted by Gasteiger charge is 2.33. The number of oxime groups is 1. The molecule has 0 amide bonds. The third kappa shape index (κ3) is 2.02. The number of hydrogen-bond acceptors (Lipinski definition) is 3. The van der Waals surface area contributed by atoms with E-state index >= 15 is 0 Å². The molecular formula is C11H9BrN2O. The fourth-order valence-corrected chi connectivity index (χ4v) is 2.05. The predicted molar refractivity (Wildman–Crippen MR) is 60.9 cm³/mol. The Morgan fingerprint density at radius 1 is 1.40 bits per heavy atom. The molecule has 1 aliphatic heterocycles. The van der Waals surface area contributed by atoms with Crippen LogP contribution < -0.4 is 0 Å². The van der Waals surface area contributed by atoms with Crippen molar-refractivity contribution in [1.82, 2.24) is 0 Å². The second-order valence-corrected chi connectivity index (χ2v) is 4.34. The van der Waals surface area contributed by atoms with Crippen LogP contribution in [-0.4, -0.2) is 17.1 Å². The first-order valence-corrected chi connectivity index (χ1v) is 5.52. The van der Waals surface area contributed by atoms with Crippen LogP contribution in [0, 0.1) is 11.3 Å². The summed E-state index contributed by atoms with van der Waals surface area (Å²) < 4.78 is 0. The largest absolute Gasteiger partial charge is 0.389 e. The summed E-state index contributed by atoms with van der Waals surface area (Å²) in [5.74, 6) is -0.293. The van der Waals surface area contributed by atoms with Gasteiger partial charge < -0.3 is 4.84 Å². The molecule has 0 N–H and O–H groups in total. The zero-order chi connectivity index (χ0) is 10.7. The van der Waals surface area contributed by atoms with E-state index in [1.165, 1.54) is 0 Å². The lowest BCUT2D eigenvalue weighted by Gasteiger charge is -2.17. The Hall–Kier alpha value is -1.34. The van der Waals surface area contributed by atoms with Crippen molar-refractivity contribution < 1.29 is 4.84 Å². The standard InChI is InChI=1S/C11H9BrN2O/c12-10-7-14-15-11(10)9(6-13)8-4-2-1-3-5-8/h1-5,7,9-11H. The van der Waals surface area contributed by atoms with Gasteiger partial charge in [0.1, 0.15) is 5.92 Å². The highest BCUT2D eigenvalue weighted by Crippen LogP contribution is 2.28. The van der Waals surface area contributed by atoms with Gasteiger partial charge in [0, 0.05) is 0 Å². The molecule has 0 radical (unpaired) electrons. The lowest BCUT2D eigenvalue weighted by Crippen LogP contribution is -2.25. The summed E-state index contributed by atoms with van der Waals surface area (Å²) in [6.45, 7) is 0.